The summed E-state index contributed by atoms with van der Waals surface area (Å²) in [7, 11) is 0. The SMILES string of the molecule is c1nc2c(c3c1nnn3C1CCNCC1)CCN2. The van der Waals surface area contributed by atoms with E-state index in [1.807, 2.05) is 6.20 Å². The van der Waals surface area contributed by atoms with Crippen molar-refractivity contribution in [3.05, 3.63) is 11.8 Å². The summed E-state index contributed by atoms with van der Waals surface area (Å²) in [6.45, 7) is 3.11. The molecule has 2 aliphatic rings. The van der Waals surface area contributed by atoms with E-state index in [1.54, 1.807) is 0 Å². The van der Waals surface area contributed by atoms with Crippen LogP contribution in [0.1, 0.15) is 24.4 Å². The van der Waals surface area contributed by atoms with Crippen LogP contribution in [0, 0.1) is 0 Å². The standard InChI is InChI=1S/C12H16N6/c1-4-13-5-2-8(1)18-11-9-3-6-14-12(9)15-7-10(11)16-17-18/h7-8,13H,1-6H2,(H,14,15). The molecule has 4 heterocycles. The van der Waals surface area contributed by atoms with Gasteiger partial charge < -0.3 is 10.6 Å². The van der Waals surface area contributed by atoms with Crippen LogP contribution in [0.5, 0.6) is 0 Å². The molecule has 6 heteroatoms. The molecule has 0 aliphatic carbocycles. The molecular weight excluding hydrogens is 228 g/mol. The van der Waals surface area contributed by atoms with Gasteiger partial charge in [-0.3, -0.25) is 0 Å². The van der Waals surface area contributed by atoms with Crippen LogP contribution in [0.25, 0.3) is 11.0 Å². The predicted octanol–water partition coefficient (Wildman–Crippen LogP) is 0.719. The van der Waals surface area contributed by atoms with E-state index in [0.717, 1.165) is 50.2 Å². The molecule has 18 heavy (non-hydrogen) atoms. The number of pyridine rings is 1. The molecule has 0 aromatic carbocycles. The first kappa shape index (κ1) is 10.3. The lowest BCUT2D eigenvalue weighted by molar-refractivity contribution is 0.345. The molecule has 1 saturated heterocycles. The number of hydrogen-bond donors (Lipinski definition) is 2. The summed E-state index contributed by atoms with van der Waals surface area (Å²) in [4.78, 5) is 4.41. The van der Waals surface area contributed by atoms with Crippen LogP contribution in [-0.2, 0) is 6.42 Å². The first-order valence-electron chi connectivity index (χ1n) is 6.61. The van der Waals surface area contributed by atoms with Crippen molar-refractivity contribution in [2.24, 2.45) is 0 Å². The van der Waals surface area contributed by atoms with Crippen molar-refractivity contribution < 1.29 is 0 Å². The van der Waals surface area contributed by atoms with Crippen molar-refractivity contribution in [2.45, 2.75) is 25.3 Å². The second-order valence-corrected chi connectivity index (χ2v) is 5.01. The van der Waals surface area contributed by atoms with Gasteiger partial charge in [0.05, 0.1) is 17.8 Å². The maximum absolute atomic E-state index is 4.41. The van der Waals surface area contributed by atoms with E-state index in [1.165, 1.54) is 11.1 Å². The van der Waals surface area contributed by atoms with Gasteiger partial charge in [-0.15, -0.1) is 5.10 Å². The van der Waals surface area contributed by atoms with Gasteiger partial charge in [0, 0.05) is 12.1 Å². The molecule has 2 aromatic rings. The molecule has 0 unspecified atom stereocenters. The fourth-order valence-corrected chi connectivity index (χ4v) is 3.00. The Kier molecular flexibility index (Phi) is 2.23. The quantitative estimate of drug-likeness (QED) is 0.773. The summed E-state index contributed by atoms with van der Waals surface area (Å²) >= 11 is 0. The van der Waals surface area contributed by atoms with Gasteiger partial charge in [-0.25, -0.2) is 9.67 Å². The molecule has 2 aromatic heterocycles. The Labute approximate surface area is 105 Å². The second kappa shape index (κ2) is 3.91. The normalized spacial score (nSPS) is 20.0. The van der Waals surface area contributed by atoms with Crippen LogP contribution in [0.2, 0.25) is 0 Å². The smallest absolute Gasteiger partial charge is 0.131 e. The molecule has 0 radical (unpaired) electrons. The van der Waals surface area contributed by atoms with E-state index < -0.39 is 0 Å². The van der Waals surface area contributed by atoms with E-state index in [4.69, 9.17) is 0 Å². The molecule has 0 atom stereocenters. The third kappa shape index (κ3) is 1.42. The van der Waals surface area contributed by atoms with Gasteiger partial charge in [0.15, 0.2) is 0 Å². The summed E-state index contributed by atoms with van der Waals surface area (Å²) < 4.78 is 2.13. The highest BCUT2D eigenvalue weighted by atomic mass is 15.4. The van der Waals surface area contributed by atoms with Gasteiger partial charge in [-0.1, -0.05) is 5.21 Å². The zero-order valence-corrected chi connectivity index (χ0v) is 10.2. The molecular formula is C12H16N6. The molecule has 6 nitrogen and oxygen atoms in total. The Morgan fingerprint density at radius 1 is 1.22 bits per heavy atom. The average molecular weight is 244 g/mol. The highest BCUT2D eigenvalue weighted by Crippen LogP contribution is 2.30. The van der Waals surface area contributed by atoms with E-state index in [-0.39, 0.29) is 0 Å². The average Bonchev–Trinajstić information content (AvgIpc) is 3.05. The third-order valence-corrected chi connectivity index (χ3v) is 3.93. The number of anilines is 1. The van der Waals surface area contributed by atoms with Gasteiger partial charge in [-0.05, 0) is 32.4 Å². The lowest BCUT2D eigenvalue weighted by Crippen LogP contribution is -2.30. The maximum Gasteiger partial charge on any atom is 0.131 e. The van der Waals surface area contributed by atoms with E-state index in [9.17, 15) is 0 Å². The number of aromatic nitrogens is 4. The third-order valence-electron chi connectivity index (χ3n) is 3.93. The largest absolute Gasteiger partial charge is 0.369 e. The molecule has 2 aliphatic heterocycles. The van der Waals surface area contributed by atoms with Crippen molar-refractivity contribution in [3.8, 4) is 0 Å². The number of fused-ring (bicyclic) bond motifs is 3. The van der Waals surface area contributed by atoms with Crippen LogP contribution in [0.15, 0.2) is 6.20 Å². The minimum atomic E-state index is 0.475. The van der Waals surface area contributed by atoms with E-state index in [0.29, 0.717) is 6.04 Å². The molecule has 0 spiro atoms. The molecule has 0 bridgehead atoms. The predicted molar refractivity (Wildman–Crippen MR) is 68.7 cm³/mol. The molecule has 0 amide bonds. The van der Waals surface area contributed by atoms with Crippen LogP contribution >= 0.6 is 0 Å². The second-order valence-electron chi connectivity index (χ2n) is 5.01. The van der Waals surface area contributed by atoms with Crippen molar-refractivity contribution >= 4 is 16.9 Å². The van der Waals surface area contributed by atoms with Gasteiger partial charge in [0.25, 0.3) is 0 Å². The van der Waals surface area contributed by atoms with E-state index >= 15 is 0 Å². The van der Waals surface area contributed by atoms with Crippen LogP contribution < -0.4 is 10.6 Å². The van der Waals surface area contributed by atoms with E-state index in [2.05, 4.69) is 30.6 Å². The van der Waals surface area contributed by atoms with Crippen molar-refractivity contribution in [1.82, 2.24) is 25.3 Å². The molecule has 1 fully saturated rings. The van der Waals surface area contributed by atoms with Gasteiger partial charge in [-0.2, -0.15) is 0 Å². The number of hydrogen-bond acceptors (Lipinski definition) is 5. The highest BCUT2D eigenvalue weighted by molar-refractivity contribution is 5.83. The van der Waals surface area contributed by atoms with Crippen LogP contribution in [0.4, 0.5) is 5.82 Å². The Hall–Kier alpha value is -1.69. The summed E-state index contributed by atoms with van der Waals surface area (Å²) in [6.07, 6.45) is 5.11. The summed E-state index contributed by atoms with van der Waals surface area (Å²) in [5.74, 6) is 1.01. The molecule has 2 N–H and O–H groups in total. The monoisotopic (exact) mass is 244 g/mol. The Bertz CT molecular complexity index is 584. The summed E-state index contributed by atoms with van der Waals surface area (Å²) in [6, 6.07) is 0.475. The fraction of sp³-hybridized carbons (Fsp3) is 0.583. The number of piperidine rings is 1. The molecule has 0 saturated carbocycles. The van der Waals surface area contributed by atoms with Gasteiger partial charge in [0.1, 0.15) is 11.3 Å². The van der Waals surface area contributed by atoms with Crippen LogP contribution in [-0.4, -0.2) is 39.6 Å². The van der Waals surface area contributed by atoms with Crippen molar-refractivity contribution in [3.63, 3.8) is 0 Å². The lowest BCUT2D eigenvalue weighted by Gasteiger charge is -2.23. The summed E-state index contributed by atoms with van der Waals surface area (Å²) in [5, 5.41) is 15.4. The van der Waals surface area contributed by atoms with Gasteiger partial charge >= 0.3 is 0 Å². The van der Waals surface area contributed by atoms with Crippen LogP contribution in [0.3, 0.4) is 0 Å². The number of nitrogens with one attached hydrogen (secondary N) is 2. The Balaban J connectivity index is 1.87. The van der Waals surface area contributed by atoms with Crippen molar-refractivity contribution in [1.29, 1.82) is 0 Å². The topological polar surface area (TPSA) is 67.7 Å². The first-order valence-corrected chi connectivity index (χ1v) is 6.61. The zero-order valence-electron chi connectivity index (χ0n) is 10.2. The Morgan fingerprint density at radius 3 is 3.00 bits per heavy atom. The first-order chi connectivity index (χ1) is 8.93. The van der Waals surface area contributed by atoms with Gasteiger partial charge in [0.2, 0.25) is 0 Å². The summed E-state index contributed by atoms with van der Waals surface area (Å²) in [5.41, 5.74) is 3.41. The minimum absolute atomic E-state index is 0.475. The fourth-order valence-electron chi connectivity index (χ4n) is 3.00. The zero-order chi connectivity index (χ0) is 11.9. The highest BCUT2D eigenvalue weighted by Gasteiger charge is 2.23. The maximum atomic E-state index is 4.41. The molecule has 4 rings (SSSR count). The minimum Gasteiger partial charge on any atom is -0.369 e. The molecule has 94 valence electrons. The lowest BCUT2D eigenvalue weighted by atomic mass is 10.1. The Morgan fingerprint density at radius 2 is 2.11 bits per heavy atom. The number of nitrogens with zero attached hydrogens (tertiary/aromatic N) is 4. The van der Waals surface area contributed by atoms with Crippen molar-refractivity contribution in [2.75, 3.05) is 25.0 Å². The number of rotatable bonds is 1.